The number of aliphatic carboxylic acids is 1. The van der Waals surface area contributed by atoms with Crippen LogP contribution in [0, 0.1) is 5.82 Å². The SMILES string of the molecule is CCc1ncc(C(=O)N[C@@H](CC(=O)O)Cc2ccc(-c3cc(Cl)ccc3F)cc2)o1. The lowest BCUT2D eigenvalue weighted by Crippen LogP contribution is -2.38. The Bertz CT molecular complexity index is 1050. The number of halogens is 2. The maximum Gasteiger partial charge on any atom is 0.305 e. The molecule has 0 bridgehead atoms. The molecule has 0 saturated carbocycles. The molecule has 8 heteroatoms. The average Bonchev–Trinajstić information content (AvgIpc) is 3.19. The van der Waals surface area contributed by atoms with Crippen LogP contribution in [0.15, 0.2) is 53.1 Å². The molecule has 0 aliphatic carbocycles. The quantitative estimate of drug-likeness (QED) is 0.548. The minimum absolute atomic E-state index is 0.0361. The highest BCUT2D eigenvalue weighted by atomic mass is 35.5. The lowest BCUT2D eigenvalue weighted by atomic mass is 9.99. The molecule has 0 aliphatic heterocycles. The summed E-state index contributed by atoms with van der Waals surface area (Å²) in [6.07, 6.45) is 1.89. The number of carboxylic acid groups (broad SMARTS) is 1. The van der Waals surface area contributed by atoms with Gasteiger partial charge in [-0.2, -0.15) is 0 Å². The van der Waals surface area contributed by atoms with E-state index in [0.29, 0.717) is 28.5 Å². The molecule has 6 nitrogen and oxygen atoms in total. The highest BCUT2D eigenvalue weighted by molar-refractivity contribution is 6.30. The van der Waals surface area contributed by atoms with Gasteiger partial charge in [-0.05, 0) is 35.7 Å². The number of amides is 1. The maximum absolute atomic E-state index is 14.1. The predicted molar refractivity (Wildman–Crippen MR) is 110 cm³/mol. The molecule has 0 unspecified atom stereocenters. The highest BCUT2D eigenvalue weighted by Gasteiger charge is 2.20. The summed E-state index contributed by atoms with van der Waals surface area (Å²) in [5.74, 6) is -1.48. The van der Waals surface area contributed by atoms with Crippen molar-refractivity contribution in [2.24, 2.45) is 0 Å². The molecular formula is C22H20ClFN2O4. The fraction of sp³-hybridized carbons (Fsp3) is 0.227. The van der Waals surface area contributed by atoms with Crippen LogP contribution in [0.3, 0.4) is 0 Å². The molecule has 0 spiro atoms. The zero-order chi connectivity index (χ0) is 21.7. The third kappa shape index (κ3) is 5.45. The molecule has 0 radical (unpaired) electrons. The Balaban J connectivity index is 1.73. The number of hydrogen-bond acceptors (Lipinski definition) is 4. The number of rotatable bonds is 8. The van der Waals surface area contributed by atoms with E-state index in [0.717, 1.165) is 5.56 Å². The normalized spacial score (nSPS) is 11.8. The molecule has 1 amide bonds. The van der Waals surface area contributed by atoms with Gasteiger partial charge in [-0.15, -0.1) is 0 Å². The van der Waals surface area contributed by atoms with E-state index in [4.69, 9.17) is 16.0 Å². The van der Waals surface area contributed by atoms with E-state index in [1.807, 2.05) is 6.92 Å². The first-order chi connectivity index (χ1) is 14.4. The Hall–Kier alpha value is -3.19. The van der Waals surface area contributed by atoms with Crippen molar-refractivity contribution in [2.45, 2.75) is 32.2 Å². The van der Waals surface area contributed by atoms with Crippen LogP contribution >= 0.6 is 11.6 Å². The van der Waals surface area contributed by atoms with Gasteiger partial charge in [0.2, 0.25) is 5.76 Å². The second-order valence-electron chi connectivity index (χ2n) is 6.77. The fourth-order valence-corrected chi connectivity index (χ4v) is 3.22. The second kappa shape index (κ2) is 9.54. The lowest BCUT2D eigenvalue weighted by molar-refractivity contribution is -0.137. The largest absolute Gasteiger partial charge is 0.481 e. The standard InChI is InChI=1S/C22H20ClFN2O4/c1-2-20-25-12-19(30-20)22(29)26-16(11-21(27)28)9-13-3-5-14(6-4-13)17-10-15(23)7-8-18(17)24/h3-8,10,12,16H,2,9,11H2,1H3,(H,26,29)(H,27,28)/t16-/m1/s1. The Morgan fingerprint density at radius 3 is 2.60 bits per heavy atom. The highest BCUT2D eigenvalue weighted by Crippen LogP contribution is 2.26. The van der Waals surface area contributed by atoms with Crippen LogP contribution in [0.2, 0.25) is 5.02 Å². The molecule has 0 fully saturated rings. The van der Waals surface area contributed by atoms with Crippen LogP contribution in [0.4, 0.5) is 4.39 Å². The third-order valence-electron chi connectivity index (χ3n) is 4.51. The van der Waals surface area contributed by atoms with E-state index in [1.165, 1.54) is 18.3 Å². The molecule has 2 N–H and O–H groups in total. The molecule has 3 rings (SSSR count). The van der Waals surface area contributed by atoms with Gasteiger partial charge in [0.05, 0.1) is 12.6 Å². The number of carbonyl (C=O) groups excluding carboxylic acids is 1. The molecule has 0 aliphatic rings. The molecule has 1 aromatic heterocycles. The zero-order valence-corrected chi connectivity index (χ0v) is 16.9. The first kappa shape index (κ1) is 21.5. The molecule has 2 aromatic carbocycles. The number of aromatic nitrogens is 1. The van der Waals surface area contributed by atoms with E-state index >= 15 is 0 Å². The first-order valence-electron chi connectivity index (χ1n) is 9.37. The van der Waals surface area contributed by atoms with Crippen LogP contribution in [0.5, 0.6) is 0 Å². The number of aryl methyl sites for hydroxylation is 1. The summed E-state index contributed by atoms with van der Waals surface area (Å²) < 4.78 is 19.4. The van der Waals surface area contributed by atoms with Gasteiger partial charge in [0.25, 0.3) is 5.91 Å². The van der Waals surface area contributed by atoms with Gasteiger partial charge in [0.1, 0.15) is 5.82 Å². The molecule has 0 saturated heterocycles. The van der Waals surface area contributed by atoms with Crippen molar-refractivity contribution in [3.8, 4) is 11.1 Å². The van der Waals surface area contributed by atoms with Crippen molar-refractivity contribution in [3.05, 3.63) is 76.7 Å². The van der Waals surface area contributed by atoms with Crippen LogP contribution in [-0.4, -0.2) is 28.0 Å². The Morgan fingerprint density at radius 1 is 1.23 bits per heavy atom. The van der Waals surface area contributed by atoms with E-state index in [2.05, 4.69) is 10.3 Å². The summed E-state index contributed by atoms with van der Waals surface area (Å²) >= 11 is 5.95. The molecule has 156 valence electrons. The monoisotopic (exact) mass is 430 g/mol. The van der Waals surface area contributed by atoms with Crippen molar-refractivity contribution in [1.82, 2.24) is 10.3 Å². The van der Waals surface area contributed by atoms with Gasteiger partial charge in [-0.25, -0.2) is 9.37 Å². The molecule has 1 heterocycles. The van der Waals surface area contributed by atoms with E-state index in [1.54, 1.807) is 30.3 Å². The van der Waals surface area contributed by atoms with Crippen LogP contribution < -0.4 is 5.32 Å². The molecule has 1 atom stereocenters. The van der Waals surface area contributed by atoms with Crippen LogP contribution in [0.25, 0.3) is 11.1 Å². The summed E-state index contributed by atoms with van der Waals surface area (Å²) in [4.78, 5) is 27.6. The van der Waals surface area contributed by atoms with Gasteiger partial charge < -0.3 is 14.8 Å². The minimum Gasteiger partial charge on any atom is -0.481 e. The van der Waals surface area contributed by atoms with Crippen molar-refractivity contribution in [3.63, 3.8) is 0 Å². The summed E-state index contributed by atoms with van der Waals surface area (Å²) in [5, 5.41) is 12.3. The van der Waals surface area contributed by atoms with Crippen LogP contribution in [-0.2, 0) is 17.6 Å². The number of carboxylic acids is 1. The summed E-state index contributed by atoms with van der Waals surface area (Å²) in [5.41, 5.74) is 1.81. The van der Waals surface area contributed by atoms with Gasteiger partial charge >= 0.3 is 5.97 Å². The van der Waals surface area contributed by atoms with E-state index < -0.39 is 17.9 Å². The van der Waals surface area contributed by atoms with Crippen molar-refractivity contribution >= 4 is 23.5 Å². The smallest absolute Gasteiger partial charge is 0.305 e. The third-order valence-corrected chi connectivity index (χ3v) is 4.75. The Labute approximate surface area is 177 Å². The van der Waals surface area contributed by atoms with Crippen LogP contribution in [0.1, 0.15) is 35.4 Å². The zero-order valence-electron chi connectivity index (χ0n) is 16.2. The average molecular weight is 431 g/mol. The number of nitrogens with one attached hydrogen (secondary N) is 1. The topological polar surface area (TPSA) is 92.4 Å². The van der Waals surface area contributed by atoms with Gasteiger partial charge in [-0.3, -0.25) is 9.59 Å². The van der Waals surface area contributed by atoms with Crippen molar-refractivity contribution in [2.75, 3.05) is 0 Å². The number of oxazole rings is 1. The van der Waals surface area contributed by atoms with Crippen molar-refractivity contribution in [1.29, 1.82) is 0 Å². The van der Waals surface area contributed by atoms with Gasteiger partial charge in [0.15, 0.2) is 5.89 Å². The number of nitrogens with zero attached hydrogens (tertiary/aromatic N) is 1. The Morgan fingerprint density at radius 2 is 1.97 bits per heavy atom. The fourth-order valence-electron chi connectivity index (χ4n) is 3.04. The molecule has 3 aromatic rings. The molecular weight excluding hydrogens is 411 g/mol. The second-order valence-corrected chi connectivity index (χ2v) is 7.20. The van der Waals surface area contributed by atoms with E-state index in [9.17, 15) is 19.1 Å². The lowest BCUT2D eigenvalue weighted by Gasteiger charge is -2.16. The van der Waals surface area contributed by atoms with Gasteiger partial charge in [0, 0.05) is 23.0 Å². The van der Waals surface area contributed by atoms with Gasteiger partial charge in [-0.1, -0.05) is 42.8 Å². The Kier molecular flexibility index (Phi) is 6.84. The summed E-state index contributed by atoms with van der Waals surface area (Å²) in [6, 6.07) is 10.7. The minimum atomic E-state index is -1.04. The van der Waals surface area contributed by atoms with E-state index in [-0.39, 0.29) is 24.4 Å². The maximum atomic E-state index is 14.1. The number of benzene rings is 2. The van der Waals surface area contributed by atoms with Crippen molar-refractivity contribution < 1.29 is 23.5 Å². The first-order valence-corrected chi connectivity index (χ1v) is 9.75. The molecule has 30 heavy (non-hydrogen) atoms. The summed E-state index contributed by atoms with van der Waals surface area (Å²) in [7, 11) is 0. The number of carbonyl (C=O) groups is 2. The summed E-state index contributed by atoms with van der Waals surface area (Å²) in [6.45, 7) is 1.85. The number of hydrogen-bond donors (Lipinski definition) is 2. The predicted octanol–water partition coefficient (Wildman–Crippen LogP) is 4.51.